The molecule has 0 aromatic carbocycles. The summed E-state index contributed by atoms with van der Waals surface area (Å²) in [5.74, 6) is 0.924. The van der Waals surface area contributed by atoms with Crippen LogP contribution in [0.1, 0.15) is 58.0 Å². The molecule has 0 saturated heterocycles. The van der Waals surface area contributed by atoms with Gasteiger partial charge in [0.05, 0.1) is 12.2 Å². The molecule has 20 heavy (non-hydrogen) atoms. The molecule has 110 valence electrons. The Balaban J connectivity index is 2.50. The monoisotopic (exact) mass is 277 g/mol. The Bertz CT molecular complexity index is 544. The molecule has 1 aliphatic heterocycles. The number of aliphatic imine (C=N–C) groups is 1. The van der Waals surface area contributed by atoms with Gasteiger partial charge in [-0.25, -0.2) is 4.99 Å². The van der Waals surface area contributed by atoms with Gasteiger partial charge in [-0.15, -0.1) is 0 Å². The van der Waals surface area contributed by atoms with Gasteiger partial charge in [0.2, 0.25) is 5.91 Å². The molecular weight excluding hydrogens is 254 g/mol. The second-order valence-corrected chi connectivity index (χ2v) is 5.80. The summed E-state index contributed by atoms with van der Waals surface area (Å²) in [6.07, 6.45) is -0.355. The van der Waals surface area contributed by atoms with Gasteiger partial charge in [-0.3, -0.25) is 14.4 Å². The second kappa shape index (κ2) is 5.36. The number of nitrogens with two attached hydrogens (primary N) is 1. The molecule has 0 radical (unpaired) electrons. The van der Waals surface area contributed by atoms with Gasteiger partial charge < -0.3 is 5.73 Å². The molecule has 1 amide bonds. The van der Waals surface area contributed by atoms with Crippen molar-refractivity contribution < 1.29 is 4.79 Å². The molecule has 6 nitrogen and oxygen atoms in total. The van der Waals surface area contributed by atoms with Crippen molar-refractivity contribution in [3.63, 3.8) is 0 Å². The zero-order valence-electron chi connectivity index (χ0n) is 12.8. The molecule has 1 aromatic rings. The van der Waals surface area contributed by atoms with E-state index in [-0.39, 0.29) is 18.1 Å². The summed E-state index contributed by atoms with van der Waals surface area (Å²) >= 11 is 0. The number of aromatic nitrogens is 2. The predicted molar refractivity (Wildman–Crippen MR) is 78.6 cm³/mol. The van der Waals surface area contributed by atoms with Crippen LogP contribution in [0.4, 0.5) is 0 Å². The summed E-state index contributed by atoms with van der Waals surface area (Å²) in [4.78, 5) is 17.8. The van der Waals surface area contributed by atoms with Gasteiger partial charge in [-0.05, 0) is 25.8 Å². The molecule has 1 atom stereocenters. The lowest BCUT2D eigenvalue weighted by atomic mass is 10.1. The molecule has 0 spiro atoms. The minimum atomic E-state index is -0.355. The molecule has 2 rings (SSSR count). The third-order valence-electron chi connectivity index (χ3n) is 3.36. The van der Waals surface area contributed by atoms with Crippen molar-refractivity contribution >= 4 is 11.7 Å². The van der Waals surface area contributed by atoms with Crippen molar-refractivity contribution in [2.75, 3.05) is 6.54 Å². The van der Waals surface area contributed by atoms with Crippen molar-refractivity contribution in [2.45, 2.75) is 52.7 Å². The number of nitrogens with zero attached hydrogens (tertiary/aromatic N) is 4. The molecule has 1 aliphatic rings. The van der Waals surface area contributed by atoms with Gasteiger partial charge in [0, 0.05) is 13.0 Å². The summed E-state index contributed by atoms with van der Waals surface area (Å²) < 4.78 is 1.92. The van der Waals surface area contributed by atoms with E-state index in [1.165, 1.54) is 6.92 Å². The molecule has 0 bridgehead atoms. The molecule has 1 aromatic heterocycles. The zero-order chi connectivity index (χ0) is 15.0. The first-order valence-electron chi connectivity index (χ1n) is 7.02. The quantitative estimate of drug-likeness (QED) is 0.909. The average molecular weight is 277 g/mol. The summed E-state index contributed by atoms with van der Waals surface area (Å²) in [5, 5.41) is 4.63. The Morgan fingerprint density at radius 3 is 2.55 bits per heavy atom. The zero-order valence-corrected chi connectivity index (χ0v) is 12.8. The van der Waals surface area contributed by atoms with E-state index in [1.54, 1.807) is 4.90 Å². The number of carbonyl (C=O) groups is 1. The Hall–Kier alpha value is -1.69. The number of carbonyl (C=O) groups excluding carboxylic acids is 1. The van der Waals surface area contributed by atoms with Crippen LogP contribution in [0.25, 0.3) is 0 Å². The van der Waals surface area contributed by atoms with E-state index in [1.807, 2.05) is 10.7 Å². The Labute approximate surface area is 119 Å². The van der Waals surface area contributed by atoms with Crippen LogP contribution in [0, 0.1) is 0 Å². The summed E-state index contributed by atoms with van der Waals surface area (Å²) in [6, 6.07) is 2.21. The van der Waals surface area contributed by atoms with E-state index < -0.39 is 0 Å². The highest BCUT2D eigenvalue weighted by molar-refractivity contribution is 6.07. The van der Waals surface area contributed by atoms with E-state index >= 15 is 0 Å². The third kappa shape index (κ3) is 2.60. The van der Waals surface area contributed by atoms with Crippen LogP contribution >= 0.6 is 0 Å². The molecule has 2 N–H and O–H groups in total. The van der Waals surface area contributed by atoms with Crippen molar-refractivity contribution in [2.24, 2.45) is 10.7 Å². The summed E-state index contributed by atoms with van der Waals surface area (Å²) in [6.45, 7) is 10.3. The number of rotatable bonds is 3. The molecule has 0 saturated carbocycles. The van der Waals surface area contributed by atoms with E-state index in [0.717, 1.165) is 11.4 Å². The van der Waals surface area contributed by atoms with Crippen molar-refractivity contribution in [1.82, 2.24) is 14.7 Å². The Morgan fingerprint density at radius 2 is 2.05 bits per heavy atom. The first-order valence-corrected chi connectivity index (χ1v) is 7.02. The maximum Gasteiger partial charge on any atom is 0.225 e. The first-order chi connectivity index (χ1) is 9.31. The van der Waals surface area contributed by atoms with Crippen molar-refractivity contribution in [3.05, 3.63) is 17.5 Å². The molecular formula is C14H23N5O. The number of hydrogen-bond donors (Lipinski definition) is 1. The number of amides is 1. The van der Waals surface area contributed by atoms with Gasteiger partial charge in [0.25, 0.3) is 0 Å². The maximum atomic E-state index is 11.8. The Kier molecular flexibility index (Phi) is 3.94. The van der Waals surface area contributed by atoms with E-state index in [9.17, 15) is 4.79 Å². The predicted octanol–water partition coefficient (Wildman–Crippen LogP) is 1.48. The average Bonchev–Trinajstić information content (AvgIpc) is 2.91. The fraction of sp³-hybridized carbons (Fsp3) is 0.643. The minimum Gasteiger partial charge on any atom is -0.308 e. The van der Waals surface area contributed by atoms with Crippen LogP contribution in [-0.2, 0) is 4.79 Å². The van der Waals surface area contributed by atoms with Crippen LogP contribution in [0.2, 0.25) is 0 Å². The second-order valence-electron chi connectivity index (χ2n) is 5.80. The highest BCUT2D eigenvalue weighted by Gasteiger charge is 2.30. The van der Waals surface area contributed by atoms with Crippen LogP contribution in [-0.4, -0.2) is 39.1 Å². The fourth-order valence-corrected chi connectivity index (χ4v) is 2.28. The Morgan fingerprint density at radius 1 is 1.40 bits per heavy atom. The van der Waals surface area contributed by atoms with Crippen LogP contribution in [0.5, 0.6) is 0 Å². The van der Waals surface area contributed by atoms with Crippen LogP contribution < -0.4 is 5.73 Å². The number of hydrogen-bond acceptors (Lipinski definition) is 4. The van der Waals surface area contributed by atoms with E-state index in [2.05, 4.69) is 37.8 Å². The van der Waals surface area contributed by atoms with Crippen molar-refractivity contribution in [3.8, 4) is 0 Å². The number of amidine groups is 1. The molecule has 2 heterocycles. The topological polar surface area (TPSA) is 76.5 Å². The van der Waals surface area contributed by atoms with E-state index in [0.29, 0.717) is 18.3 Å². The van der Waals surface area contributed by atoms with Gasteiger partial charge in [0.1, 0.15) is 11.9 Å². The lowest BCUT2D eigenvalue weighted by molar-refractivity contribution is -0.124. The maximum absolute atomic E-state index is 11.8. The molecule has 1 unspecified atom stereocenters. The first kappa shape index (κ1) is 14.7. The minimum absolute atomic E-state index is 0.0423. The van der Waals surface area contributed by atoms with Gasteiger partial charge in [0.15, 0.2) is 5.84 Å². The summed E-state index contributed by atoms with van der Waals surface area (Å²) in [5.41, 5.74) is 7.74. The standard InChI is InChI=1S/C14H23N5O/c1-8(2)11-6-12(19(17-11)9(3)4)14-16-13(15)7-18(14)10(5)20/h6,8-9,13H,7,15H2,1-5H3. The highest BCUT2D eigenvalue weighted by Crippen LogP contribution is 2.22. The summed E-state index contributed by atoms with van der Waals surface area (Å²) in [7, 11) is 0. The van der Waals surface area contributed by atoms with Crippen molar-refractivity contribution in [1.29, 1.82) is 0 Å². The smallest absolute Gasteiger partial charge is 0.225 e. The lowest BCUT2D eigenvalue weighted by Crippen LogP contribution is -2.36. The van der Waals surface area contributed by atoms with E-state index in [4.69, 9.17) is 5.73 Å². The molecule has 6 heteroatoms. The largest absolute Gasteiger partial charge is 0.308 e. The highest BCUT2D eigenvalue weighted by atomic mass is 16.2. The fourth-order valence-electron chi connectivity index (χ4n) is 2.28. The van der Waals surface area contributed by atoms with Gasteiger partial charge in [-0.2, -0.15) is 5.10 Å². The van der Waals surface area contributed by atoms with Gasteiger partial charge in [-0.1, -0.05) is 13.8 Å². The van der Waals surface area contributed by atoms with Crippen LogP contribution in [0.3, 0.4) is 0 Å². The SMILES string of the molecule is CC(=O)N1CC(N)N=C1c1cc(C(C)C)nn1C(C)C. The normalized spacial score (nSPS) is 19.1. The molecule has 0 fully saturated rings. The van der Waals surface area contributed by atoms with Crippen LogP contribution in [0.15, 0.2) is 11.1 Å². The molecule has 0 aliphatic carbocycles. The third-order valence-corrected chi connectivity index (χ3v) is 3.36. The van der Waals surface area contributed by atoms with Gasteiger partial charge >= 0.3 is 0 Å². The lowest BCUT2D eigenvalue weighted by Gasteiger charge is -2.18.